The van der Waals surface area contributed by atoms with Crippen LogP contribution >= 0.6 is 23.1 Å². The number of non-ortho nitro benzene ring substituents is 1. The van der Waals surface area contributed by atoms with E-state index in [4.69, 9.17) is 4.74 Å². The zero-order valence-electron chi connectivity index (χ0n) is 26.2. The molecule has 1 saturated heterocycles. The molecule has 4 unspecified atom stereocenters. The molecule has 9 rings (SSSR count). The first kappa shape index (κ1) is 30.8. The molecule has 3 heterocycles. The zero-order chi connectivity index (χ0) is 34.3. The fraction of sp³-hybridized carbons (Fsp3) is 0.243. The van der Waals surface area contributed by atoms with Crippen molar-refractivity contribution in [1.82, 2.24) is 4.98 Å². The Balaban J connectivity index is 0.981. The van der Waals surface area contributed by atoms with E-state index in [1.165, 1.54) is 40.5 Å². The van der Waals surface area contributed by atoms with Gasteiger partial charge < -0.3 is 15.0 Å². The Bertz CT molecular complexity index is 2300. The molecule has 3 fully saturated rings. The highest BCUT2D eigenvalue weighted by atomic mass is 32.2. The van der Waals surface area contributed by atoms with Crippen molar-refractivity contribution in [1.29, 1.82) is 0 Å². The average molecular weight is 705 g/mol. The predicted molar refractivity (Wildman–Crippen MR) is 189 cm³/mol. The summed E-state index contributed by atoms with van der Waals surface area (Å²) in [6, 6.07) is 26.7. The fourth-order valence-corrected chi connectivity index (χ4v) is 11.7. The van der Waals surface area contributed by atoms with Gasteiger partial charge in [-0.3, -0.25) is 34.2 Å². The van der Waals surface area contributed by atoms with Crippen molar-refractivity contribution in [2.45, 2.75) is 22.6 Å². The summed E-state index contributed by atoms with van der Waals surface area (Å²) < 4.78 is 5.98. The van der Waals surface area contributed by atoms with E-state index < -0.39 is 16.8 Å². The van der Waals surface area contributed by atoms with E-state index in [1.807, 2.05) is 60.7 Å². The summed E-state index contributed by atoms with van der Waals surface area (Å²) in [6.45, 7) is -0.199. The molecular formula is C37H28N4O7S2. The number of benzene rings is 4. The van der Waals surface area contributed by atoms with E-state index in [0.717, 1.165) is 32.7 Å². The molecule has 0 radical (unpaired) electrons. The molecule has 4 aliphatic rings. The number of rotatable bonds is 7. The number of nitrogens with zero attached hydrogens (tertiary/aromatic N) is 2. The van der Waals surface area contributed by atoms with Crippen LogP contribution in [0.15, 0.2) is 101 Å². The summed E-state index contributed by atoms with van der Waals surface area (Å²) in [5, 5.41) is 17.0. The van der Waals surface area contributed by atoms with Gasteiger partial charge in [-0.1, -0.05) is 53.8 Å². The maximum atomic E-state index is 14.0. The Morgan fingerprint density at radius 2 is 1.68 bits per heavy atom. The largest absolute Gasteiger partial charge is 0.484 e. The second kappa shape index (κ2) is 11.7. The monoisotopic (exact) mass is 704 g/mol. The molecule has 5 aromatic rings. The molecule has 2 bridgehead atoms. The number of hydrogen-bond donors (Lipinski definition) is 2. The molecule has 13 heteroatoms. The van der Waals surface area contributed by atoms with Gasteiger partial charge in [-0.15, -0.1) is 11.8 Å². The summed E-state index contributed by atoms with van der Waals surface area (Å²) in [6.07, 6.45) is 0.726. The number of hydrogen-bond acceptors (Lipinski definition) is 9. The normalized spacial score (nSPS) is 26.1. The number of carbonyl (C=O) groups is 3. The molecule has 250 valence electrons. The smallest absolute Gasteiger partial charge is 0.305 e. The number of ether oxygens (including phenoxy) is 1. The fourth-order valence-electron chi connectivity index (χ4n) is 8.78. The molecule has 11 nitrogen and oxygen atoms in total. The van der Waals surface area contributed by atoms with Crippen LogP contribution in [0.3, 0.4) is 0 Å². The van der Waals surface area contributed by atoms with Gasteiger partial charge in [-0.25, -0.2) is 0 Å². The van der Waals surface area contributed by atoms with Gasteiger partial charge in [0.1, 0.15) is 5.75 Å². The second-order valence-electron chi connectivity index (χ2n) is 13.2. The van der Waals surface area contributed by atoms with Crippen molar-refractivity contribution < 1.29 is 24.0 Å². The number of thiazole rings is 1. The molecule has 2 saturated carbocycles. The van der Waals surface area contributed by atoms with Gasteiger partial charge in [0.25, 0.3) is 11.6 Å². The molecule has 0 spiro atoms. The number of nitro groups is 1. The topological polar surface area (TPSA) is 152 Å². The molecule has 3 amide bonds. The third-order valence-electron chi connectivity index (χ3n) is 10.7. The number of imide groups is 1. The number of anilines is 2. The Hall–Kier alpha value is -5.27. The summed E-state index contributed by atoms with van der Waals surface area (Å²) >= 11 is 2.77. The molecule has 2 N–H and O–H groups in total. The minimum atomic E-state index is -0.515. The lowest BCUT2D eigenvalue weighted by Crippen LogP contribution is -2.42. The number of aromatic nitrogens is 1. The van der Waals surface area contributed by atoms with Gasteiger partial charge in [0.2, 0.25) is 11.8 Å². The molecule has 2 aliphatic heterocycles. The van der Waals surface area contributed by atoms with Crippen LogP contribution in [-0.2, 0) is 14.4 Å². The third-order valence-corrected chi connectivity index (χ3v) is 13.3. The highest BCUT2D eigenvalue weighted by Crippen LogP contribution is 2.68. The van der Waals surface area contributed by atoms with E-state index in [-0.39, 0.29) is 63.8 Å². The highest BCUT2D eigenvalue weighted by molar-refractivity contribution is 8.00. The van der Waals surface area contributed by atoms with Crippen LogP contribution in [0.25, 0.3) is 10.8 Å². The Morgan fingerprint density at radius 1 is 0.920 bits per heavy atom. The summed E-state index contributed by atoms with van der Waals surface area (Å²) in [5.74, 6) is -1.74. The van der Waals surface area contributed by atoms with E-state index >= 15 is 0 Å². The molecule has 2 aliphatic carbocycles. The second-order valence-corrected chi connectivity index (χ2v) is 15.4. The van der Waals surface area contributed by atoms with Crippen molar-refractivity contribution in [3.63, 3.8) is 0 Å². The van der Waals surface area contributed by atoms with Crippen molar-refractivity contribution in [3.8, 4) is 5.75 Å². The first-order valence-corrected chi connectivity index (χ1v) is 18.0. The number of thioether (sulfide) groups is 1. The predicted octanol–water partition coefficient (Wildman–Crippen LogP) is 6.19. The number of aromatic amines is 1. The highest BCUT2D eigenvalue weighted by Gasteiger charge is 2.69. The number of nitrogens with one attached hydrogen (secondary N) is 2. The van der Waals surface area contributed by atoms with Gasteiger partial charge in [0, 0.05) is 33.9 Å². The Morgan fingerprint density at radius 3 is 2.46 bits per heavy atom. The Kier molecular flexibility index (Phi) is 7.18. The number of H-pyrrole nitrogens is 1. The van der Waals surface area contributed by atoms with Gasteiger partial charge in [-0.2, -0.15) is 0 Å². The minimum Gasteiger partial charge on any atom is -0.484 e. The van der Waals surface area contributed by atoms with Crippen LogP contribution in [0.2, 0.25) is 0 Å². The quantitative estimate of drug-likeness (QED) is 0.116. The van der Waals surface area contributed by atoms with Crippen LogP contribution in [-0.4, -0.2) is 39.5 Å². The maximum Gasteiger partial charge on any atom is 0.305 e. The minimum absolute atomic E-state index is 0.00475. The Labute approximate surface area is 292 Å². The van der Waals surface area contributed by atoms with Crippen LogP contribution in [0.1, 0.15) is 22.8 Å². The van der Waals surface area contributed by atoms with Gasteiger partial charge >= 0.3 is 4.87 Å². The van der Waals surface area contributed by atoms with Crippen molar-refractivity contribution >= 4 is 68.7 Å². The first-order chi connectivity index (χ1) is 24.2. The average Bonchev–Trinajstić information content (AvgIpc) is 3.86. The SMILES string of the molecule is O=C(COc1cccc([C@H]2c3sc(=O)[nH]c3SC3C2[C@H]2C[C@@H]3C3C(=O)N(c4ccc([N+](=O)[O-])cc4)C(=O)C32)c1)Nc1ccc2ccccc2c1. The lowest BCUT2D eigenvalue weighted by Gasteiger charge is -2.43. The summed E-state index contributed by atoms with van der Waals surface area (Å²) in [4.78, 5) is 69.1. The van der Waals surface area contributed by atoms with E-state index in [1.54, 1.807) is 17.8 Å². The van der Waals surface area contributed by atoms with Gasteiger partial charge in [-0.05, 0) is 76.9 Å². The number of carbonyl (C=O) groups excluding carboxylic acids is 3. The number of amides is 3. The molecule has 50 heavy (non-hydrogen) atoms. The standard InChI is InChI=1S/C37H28N4O7S2/c42-27(38-21-9-8-18-4-1-2-5-19(18)14-21)17-48-24-7-3-6-20(15-24)28-29-25-16-26(32(29)49-34-33(28)50-37(45)39-34)31-30(25)35(43)40(36(31)44)22-10-12-23(13-11-22)41(46)47/h1-15,25-26,28-32H,16-17H2,(H,38,42)(H,39,45)/t25-,26-,28-,29?,30?,31?,32?/m1/s1. The van der Waals surface area contributed by atoms with Crippen LogP contribution in [0.5, 0.6) is 5.75 Å². The molecule has 7 atom stereocenters. The van der Waals surface area contributed by atoms with Crippen molar-refractivity contribution in [3.05, 3.63) is 121 Å². The van der Waals surface area contributed by atoms with Crippen molar-refractivity contribution in [2.75, 3.05) is 16.8 Å². The molecular weight excluding hydrogens is 677 g/mol. The van der Waals surface area contributed by atoms with Gasteiger partial charge in [0.05, 0.1) is 27.5 Å². The van der Waals surface area contributed by atoms with E-state index in [9.17, 15) is 29.3 Å². The molecule has 1 aromatic heterocycles. The third kappa shape index (κ3) is 4.86. The van der Waals surface area contributed by atoms with Crippen LogP contribution in [0, 0.1) is 39.7 Å². The zero-order valence-corrected chi connectivity index (χ0v) is 27.8. The van der Waals surface area contributed by atoms with Gasteiger partial charge in [0.15, 0.2) is 6.61 Å². The number of nitro benzene ring substituents is 1. The molecule has 4 aromatic carbocycles. The lowest BCUT2D eigenvalue weighted by atomic mass is 9.68. The number of fused-ring (bicyclic) bond motifs is 10. The van der Waals surface area contributed by atoms with Crippen molar-refractivity contribution in [2.24, 2.45) is 29.6 Å². The first-order valence-electron chi connectivity index (χ1n) is 16.3. The van der Waals surface area contributed by atoms with E-state index in [2.05, 4.69) is 10.3 Å². The van der Waals surface area contributed by atoms with E-state index in [0.29, 0.717) is 17.1 Å². The lowest BCUT2D eigenvalue weighted by molar-refractivity contribution is -0.384. The summed E-state index contributed by atoms with van der Waals surface area (Å²) in [7, 11) is 0. The maximum absolute atomic E-state index is 14.0. The van der Waals surface area contributed by atoms with Crippen LogP contribution in [0.4, 0.5) is 17.1 Å². The summed E-state index contributed by atoms with van der Waals surface area (Å²) in [5.41, 5.74) is 1.81. The van der Waals surface area contributed by atoms with Crippen LogP contribution < -0.4 is 19.8 Å².